The van der Waals surface area contributed by atoms with E-state index in [1.165, 1.54) is 36.4 Å². The Labute approximate surface area is 155 Å². The Morgan fingerprint density at radius 2 is 1.40 bits per heavy atom. The zero-order valence-corrected chi connectivity index (χ0v) is 16.9. The van der Waals surface area contributed by atoms with Crippen LogP contribution in [0.5, 0.6) is 0 Å². The number of benzene rings is 2. The van der Waals surface area contributed by atoms with Gasteiger partial charge in [0.1, 0.15) is 0 Å². The molecule has 138 valence electrons. The maximum absolute atomic E-state index is 14.2. The van der Waals surface area contributed by atoms with Gasteiger partial charge in [-0.1, -0.05) is 0 Å². The van der Waals surface area contributed by atoms with E-state index in [1.54, 1.807) is 12.1 Å². The normalized spacial score (nSPS) is 12.2. The average Bonchev–Trinajstić information content (AvgIpc) is 2.58. The number of hydrogen-bond acceptors (Lipinski definition) is 3. The second-order valence-corrected chi connectivity index (χ2v) is 11.9. The van der Waals surface area contributed by atoms with Crippen molar-refractivity contribution in [3.63, 3.8) is 0 Å². The summed E-state index contributed by atoms with van der Waals surface area (Å²) in [4.78, 5) is 0. The molecule has 0 aliphatic heterocycles. The van der Waals surface area contributed by atoms with E-state index in [-0.39, 0.29) is 12.9 Å². The zero-order valence-electron chi connectivity index (χ0n) is 13.9. The Morgan fingerprint density at radius 3 is 1.88 bits per heavy atom. The van der Waals surface area contributed by atoms with Crippen molar-refractivity contribution >= 4 is 30.4 Å². The maximum atomic E-state index is 14.2. The number of hydrogen-bond donors (Lipinski definition) is 0. The SMILES string of the molecule is CCCCCCS(=O)(=O)OI(c1ccccc1F)c1ccccc1F. The number of halogens is 3. The fourth-order valence-corrected chi connectivity index (χ4v) is 9.45. The molecule has 0 amide bonds. The summed E-state index contributed by atoms with van der Waals surface area (Å²) in [7, 11) is -3.85. The summed E-state index contributed by atoms with van der Waals surface area (Å²) in [6.07, 6.45) is 3.20. The van der Waals surface area contributed by atoms with Crippen LogP contribution >= 0.6 is 20.2 Å². The zero-order chi connectivity index (χ0) is 18.3. The molecule has 3 nitrogen and oxygen atoms in total. The monoisotopic (exact) mass is 482 g/mol. The summed E-state index contributed by atoms with van der Waals surface area (Å²) in [6, 6.07) is 11.6. The summed E-state index contributed by atoms with van der Waals surface area (Å²) in [6.45, 7) is 2.03. The number of rotatable bonds is 9. The minimum atomic E-state index is -3.85. The van der Waals surface area contributed by atoms with E-state index in [0.29, 0.717) is 6.42 Å². The van der Waals surface area contributed by atoms with Crippen molar-refractivity contribution in [1.29, 1.82) is 0 Å². The van der Waals surface area contributed by atoms with Gasteiger partial charge >= 0.3 is 156 Å². The van der Waals surface area contributed by atoms with Crippen LogP contribution in [0.1, 0.15) is 32.6 Å². The van der Waals surface area contributed by atoms with Gasteiger partial charge in [0.15, 0.2) is 0 Å². The van der Waals surface area contributed by atoms with Crippen LogP contribution < -0.4 is 0 Å². The molecule has 0 heterocycles. The molecule has 0 atom stereocenters. The van der Waals surface area contributed by atoms with Crippen LogP contribution in [-0.4, -0.2) is 14.2 Å². The molecule has 0 aliphatic rings. The van der Waals surface area contributed by atoms with Crippen molar-refractivity contribution in [1.82, 2.24) is 0 Å². The van der Waals surface area contributed by atoms with Gasteiger partial charge in [0.05, 0.1) is 0 Å². The number of unbranched alkanes of at least 4 members (excludes halogenated alkanes) is 3. The van der Waals surface area contributed by atoms with E-state index in [9.17, 15) is 17.2 Å². The van der Waals surface area contributed by atoms with Crippen LogP contribution in [0.15, 0.2) is 48.5 Å². The van der Waals surface area contributed by atoms with Crippen molar-refractivity contribution in [3.05, 3.63) is 67.3 Å². The molecule has 0 aliphatic carbocycles. The first-order valence-electron chi connectivity index (χ1n) is 8.06. The van der Waals surface area contributed by atoms with E-state index in [4.69, 9.17) is 2.51 Å². The van der Waals surface area contributed by atoms with Crippen LogP contribution in [0.3, 0.4) is 0 Å². The van der Waals surface area contributed by atoms with Crippen LogP contribution in [0.25, 0.3) is 0 Å². The molecular weight excluding hydrogens is 461 g/mol. The van der Waals surface area contributed by atoms with E-state index >= 15 is 0 Å². The van der Waals surface area contributed by atoms with Gasteiger partial charge < -0.3 is 0 Å². The van der Waals surface area contributed by atoms with Gasteiger partial charge in [-0.3, -0.25) is 0 Å². The molecule has 25 heavy (non-hydrogen) atoms. The molecule has 0 saturated heterocycles. The van der Waals surface area contributed by atoms with Gasteiger partial charge in [0, 0.05) is 0 Å². The first kappa shape index (κ1) is 20.3. The third kappa shape index (κ3) is 6.00. The predicted molar refractivity (Wildman–Crippen MR) is 103 cm³/mol. The quantitative estimate of drug-likeness (QED) is 0.358. The summed E-state index contributed by atoms with van der Waals surface area (Å²) in [5, 5.41) is 0. The molecule has 2 aromatic carbocycles. The standard InChI is InChI=1S/C18H21F2IO3S/c1-2-3-4-9-14-25(22,23)24-21(17-12-7-5-10-15(17)19)18-13-8-6-11-16(18)20/h5-8,10-13H,2-4,9,14H2,1H3. The predicted octanol–water partition coefficient (Wildman–Crippen LogP) is 5.35. The van der Waals surface area contributed by atoms with Crippen LogP contribution in [0, 0.1) is 18.8 Å². The minimum absolute atomic E-state index is 0.135. The third-order valence-electron chi connectivity index (χ3n) is 3.43. The van der Waals surface area contributed by atoms with Gasteiger partial charge in [-0.05, 0) is 0 Å². The van der Waals surface area contributed by atoms with Gasteiger partial charge in [-0.15, -0.1) is 0 Å². The third-order valence-corrected chi connectivity index (χ3v) is 11.1. The molecule has 2 aromatic rings. The van der Waals surface area contributed by atoms with Crippen molar-refractivity contribution in [3.8, 4) is 0 Å². The Balaban J connectivity index is 2.30. The molecular formula is C18H21F2IO3S. The Kier molecular flexibility index (Phi) is 7.77. The second-order valence-electron chi connectivity index (χ2n) is 5.46. The Morgan fingerprint density at radius 1 is 0.880 bits per heavy atom. The van der Waals surface area contributed by atoms with Gasteiger partial charge in [-0.2, -0.15) is 0 Å². The summed E-state index contributed by atoms with van der Waals surface area (Å²) < 4.78 is 58.8. The van der Waals surface area contributed by atoms with E-state index < -0.39 is 42.0 Å². The van der Waals surface area contributed by atoms with Crippen LogP contribution in [-0.2, 0) is 12.6 Å². The first-order valence-corrected chi connectivity index (χ1v) is 12.7. The van der Waals surface area contributed by atoms with Gasteiger partial charge in [0.2, 0.25) is 0 Å². The molecule has 0 N–H and O–H groups in total. The fraction of sp³-hybridized carbons (Fsp3) is 0.333. The van der Waals surface area contributed by atoms with Crippen molar-refractivity contribution < 1.29 is 19.7 Å². The van der Waals surface area contributed by atoms with Gasteiger partial charge in [0.25, 0.3) is 0 Å². The van der Waals surface area contributed by atoms with Crippen molar-refractivity contribution in [2.45, 2.75) is 32.6 Å². The van der Waals surface area contributed by atoms with Crippen molar-refractivity contribution in [2.75, 3.05) is 5.75 Å². The molecule has 2 rings (SSSR count). The first-order chi connectivity index (χ1) is 11.9. The molecule has 0 spiro atoms. The van der Waals surface area contributed by atoms with E-state index in [1.807, 2.05) is 6.92 Å². The average molecular weight is 482 g/mol. The molecule has 0 bridgehead atoms. The van der Waals surface area contributed by atoms with E-state index in [2.05, 4.69) is 0 Å². The Bertz CT molecular complexity index is 751. The molecule has 0 radical (unpaired) electrons. The van der Waals surface area contributed by atoms with Crippen LogP contribution in [0.4, 0.5) is 8.78 Å². The van der Waals surface area contributed by atoms with E-state index in [0.717, 1.165) is 19.3 Å². The second kappa shape index (κ2) is 9.59. The molecule has 7 heteroatoms. The van der Waals surface area contributed by atoms with Gasteiger partial charge in [-0.25, -0.2) is 0 Å². The molecule has 0 fully saturated rings. The molecule has 0 aromatic heterocycles. The molecule has 0 saturated carbocycles. The summed E-state index contributed by atoms with van der Waals surface area (Å²) in [5.74, 6) is -1.28. The van der Waals surface area contributed by atoms with Crippen LogP contribution in [0.2, 0.25) is 0 Å². The van der Waals surface area contributed by atoms with Crippen molar-refractivity contribution in [2.24, 2.45) is 0 Å². The molecule has 0 unspecified atom stereocenters. The summed E-state index contributed by atoms with van der Waals surface area (Å²) in [5.41, 5.74) is 0. The summed E-state index contributed by atoms with van der Waals surface area (Å²) >= 11 is -3.27. The topological polar surface area (TPSA) is 43.4 Å². The fourth-order valence-electron chi connectivity index (χ4n) is 2.17. The Hall–Kier alpha value is -1.06.